The zero-order chi connectivity index (χ0) is 11.4. The van der Waals surface area contributed by atoms with Gasteiger partial charge < -0.3 is 5.32 Å². The van der Waals surface area contributed by atoms with Gasteiger partial charge in [0, 0.05) is 6.54 Å². The van der Waals surface area contributed by atoms with Gasteiger partial charge in [0.05, 0.1) is 11.4 Å². The van der Waals surface area contributed by atoms with Gasteiger partial charge in [-0.05, 0) is 19.4 Å². The number of aromatic nitrogens is 3. The molecular formula is C12H14N4. The monoisotopic (exact) mass is 214 g/mol. The van der Waals surface area contributed by atoms with Gasteiger partial charge in [-0.3, -0.25) is 0 Å². The van der Waals surface area contributed by atoms with Crippen molar-refractivity contribution in [2.45, 2.75) is 20.4 Å². The van der Waals surface area contributed by atoms with Crippen LogP contribution in [0.3, 0.4) is 0 Å². The maximum atomic E-state index is 4.30. The van der Waals surface area contributed by atoms with E-state index in [2.05, 4.69) is 32.6 Å². The molecule has 0 saturated heterocycles. The third-order valence-electron chi connectivity index (χ3n) is 2.39. The van der Waals surface area contributed by atoms with Gasteiger partial charge in [0.25, 0.3) is 0 Å². The van der Waals surface area contributed by atoms with E-state index in [4.69, 9.17) is 0 Å². The van der Waals surface area contributed by atoms with Crippen molar-refractivity contribution < 1.29 is 0 Å². The van der Waals surface area contributed by atoms with Crippen LogP contribution in [0, 0.1) is 13.8 Å². The molecule has 0 spiro atoms. The summed E-state index contributed by atoms with van der Waals surface area (Å²) >= 11 is 0. The topological polar surface area (TPSA) is 50.7 Å². The van der Waals surface area contributed by atoms with Crippen molar-refractivity contribution in [1.82, 2.24) is 15.2 Å². The van der Waals surface area contributed by atoms with Gasteiger partial charge >= 0.3 is 0 Å². The number of aryl methyl sites for hydroxylation is 2. The molecule has 0 bridgehead atoms. The molecule has 2 aromatic rings. The minimum atomic E-state index is 0.576. The highest BCUT2D eigenvalue weighted by Crippen LogP contribution is 2.04. The van der Waals surface area contributed by atoms with Crippen LogP contribution in [0.5, 0.6) is 0 Å². The normalized spacial score (nSPS) is 10.1. The molecule has 4 heteroatoms. The Morgan fingerprint density at radius 2 is 1.75 bits per heavy atom. The smallest absolute Gasteiger partial charge is 0.243 e. The van der Waals surface area contributed by atoms with Gasteiger partial charge in [0.2, 0.25) is 5.95 Å². The fourth-order valence-corrected chi connectivity index (χ4v) is 1.31. The van der Waals surface area contributed by atoms with Crippen molar-refractivity contribution in [3.63, 3.8) is 0 Å². The summed E-state index contributed by atoms with van der Waals surface area (Å²) in [6.07, 6.45) is 0. The molecule has 0 radical (unpaired) electrons. The highest BCUT2D eigenvalue weighted by molar-refractivity contribution is 5.27. The van der Waals surface area contributed by atoms with Gasteiger partial charge in [0.15, 0.2) is 0 Å². The highest BCUT2D eigenvalue weighted by Gasteiger charge is 2.00. The van der Waals surface area contributed by atoms with Gasteiger partial charge in [0.1, 0.15) is 0 Å². The molecule has 2 rings (SSSR count). The summed E-state index contributed by atoms with van der Waals surface area (Å²) in [5.74, 6) is 0.576. The Kier molecular flexibility index (Phi) is 3.10. The summed E-state index contributed by atoms with van der Waals surface area (Å²) in [5.41, 5.74) is 2.97. The van der Waals surface area contributed by atoms with E-state index in [0.717, 1.165) is 11.4 Å². The quantitative estimate of drug-likeness (QED) is 0.850. The summed E-state index contributed by atoms with van der Waals surface area (Å²) in [7, 11) is 0. The molecule has 0 unspecified atom stereocenters. The molecule has 1 aromatic carbocycles. The Morgan fingerprint density at radius 1 is 1.00 bits per heavy atom. The molecule has 0 aliphatic rings. The van der Waals surface area contributed by atoms with Crippen LogP contribution in [0.15, 0.2) is 30.3 Å². The maximum Gasteiger partial charge on any atom is 0.243 e. The van der Waals surface area contributed by atoms with Crippen LogP contribution < -0.4 is 5.32 Å². The van der Waals surface area contributed by atoms with E-state index in [1.807, 2.05) is 32.0 Å². The molecule has 82 valence electrons. The second-order valence-electron chi connectivity index (χ2n) is 3.65. The Balaban J connectivity index is 2.03. The van der Waals surface area contributed by atoms with Crippen LogP contribution in [0.25, 0.3) is 0 Å². The predicted molar refractivity (Wildman–Crippen MR) is 63.1 cm³/mol. The molecule has 1 heterocycles. The molecular weight excluding hydrogens is 200 g/mol. The summed E-state index contributed by atoms with van der Waals surface area (Å²) < 4.78 is 0. The molecule has 1 aromatic heterocycles. The first-order chi connectivity index (χ1) is 7.75. The van der Waals surface area contributed by atoms with Crippen LogP contribution in [0.1, 0.15) is 17.0 Å². The van der Waals surface area contributed by atoms with Crippen LogP contribution in [-0.2, 0) is 6.54 Å². The fraction of sp³-hybridized carbons (Fsp3) is 0.250. The Bertz CT molecular complexity index is 468. The van der Waals surface area contributed by atoms with Gasteiger partial charge in [-0.15, -0.1) is 5.10 Å². The Labute approximate surface area is 94.8 Å². The lowest BCUT2D eigenvalue weighted by atomic mass is 10.2. The van der Waals surface area contributed by atoms with E-state index < -0.39 is 0 Å². The van der Waals surface area contributed by atoms with Gasteiger partial charge in [-0.1, -0.05) is 30.3 Å². The lowest BCUT2D eigenvalue weighted by molar-refractivity contribution is 0.885. The Hall–Kier alpha value is -1.97. The third kappa shape index (κ3) is 2.53. The summed E-state index contributed by atoms with van der Waals surface area (Å²) in [5, 5.41) is 11.1. The summed E-state index contributed by atoms with van der Waals surface area (Å²) in [6, 6.07) is 10.1. The maximum absolute atomic E-state index is 4.30. The molecule has 0 atom stereocenters. The molecule has 16 heavy (non-hydrogen) atoms. The minimum absolute atomic E-state index is 0.576. The highest BCUT2D eigenvalue weighted by atomic mass is 15.2. The average Bonchev–Trinajstić information content (AvgIpc) is 2.32. The number of anilines is 1. The molecule has 4 nitrogen and oxygen atoms in total. The molecule has 1 N–H and O–H groups in total. The van der Waals surface area contributed by atoms with Gasteiger partial charge in [-0.2, -0.15) is 5.10 Å². The molecule has 0 amide bonds. The molecule has 0 saturated carbocycles. The van der Waals surface area contributed by atoms with Crippen LogP contribution >= 0.6 is 0 Å². The average molecular weight is 214 g/mol. The summed E-state index contributed by atoms with van der Waals surface area (Å²) in [6.45, 7) is 4.54. The number of hydrogen-bond acceptors (Lipinski definition) is 4. The van der Waals surface area contributed by atoms with E-state index in [0.29, 0.717) is 12.5 Å². The zero-order valence-electron chi connectivity index (χ0n) is 9.44. The third-order valence-corrected chi connectivity index (χ3v) is 2.39. The lowest BCUT2D eigenvalue weighted by Gasteiger charge is -2.05. The molecule has 0 aliphatic heterocycles. The number of hydrogen-bond donors (Lipinski definition) is 1. The van der Waals surface area contributed by atoms with E-state index in [9.17, 15) is 0 Å². The zero-order valence-corrected chi connectivity index (χ0v) is 9.44. The number of nitrogens with zero attached hydrogens (tertiary/aromatic N) is 3. The minimum Gasteiger partial charge on any atom is -0.349 e. The number of rotatable bonds is 3. The van der Waals surface area contributed by atoms with Crippen molar-refractivity contribution in [2.75, 3.05) is 5.32 Å². The Morgan fingerprint density at radius 3 is 2.44 bits per heavy atom. The number of nitrogens with one attached hydrogen (secondary N) is 1. The van der Waals surface area contributed by atoms with E-state index in [1.54, 1.807) is 0 Å². The van der Waals surface area contributed by atoms with E-state index in [1.165, 1.54) is 5.56 Å². The van der Waals surface area contributed by atoms with E-state index in [-0.39, 0.29) is 0 Å². The van der Waals surface area contributed by atoms with Crippen LogP contribution in [0.4, 0.5) is 5.95 Å². The fourth-order valence-electron chi connectivity index (χ4n) is 1.31. The molecule has 0 aliphatic carbocycles. The second kappa shape index (κ2) is 4.70. The SMILES string of the molecule is Cc1nnc(NCc2ccccc2)nc1C. The van der Waals surface area contributed by atoms with Crippen LogP contribution in [-0.4, -0.2) is 15.2 Å². The van der Waals surface area contributed by atoms with Crippen molar-refractivity contribution in [3.05, 3.63) is 47.3 Å². The molecule has 0 fully saturated rings. The van der Waals surface area contributed by atoms with Gasteiger partial charge in [-0.25, -0.2) is 4.98 Å². The van der Waals surface area contributed by atoms with E-state index >= 15 is 0 Å². The number of benzene rings is 1. The predicted octanol–water partition coefficient (Wildman–Crippen LogP) is 2.10. The van der Waals surface area contributed by atoms with Crippen molar-refractivity contribution >= 4 is 5.95 Å². The van der Waals surface area contributed by atoms with Crippen molar-refractivity contribution in [3.8, 4) is 0 Å². The largest absolute Gasteiger partial charge is 0.349 e. The first kappa shape index (κ1) is 10.5. The first-order valence-electron chi connectivity index (χ1n) is 5.21. The standard InChI is InChI=1S/C12H14N4/c1-9-10(2)15-16-12(14-9)13-8-11-6-4-3-5-7-11/h3-7H,8H2,1-2H3,(H,13,14,16). The second-order valence-corrected chi connectivity index (χ2v) is 3.65. The van der Waals surface area contributed by atoms with Crippen molar-refractivity contribution in [1.29, 1.82) is 0 Å². The summed E-state index contributed by atoms with van der Waals surface area (Å²) in [4.78, 5) is 4.30. The lowest BCUT2D eigenvalue weighted by Crippen LogP contribution is -2.06. The van der Waals surface area contributed by atoms with Crippen molar-refractivity contribution in [2.24, 2.45) is 0 Å². The first-order valence-corrected chi connectivity index (χ1v) is 5.21. The van der Waals surface area contributed by atoms with Crippen LogP contribution in [0.2, 0.25) is 0 Å².